The molecule has 2 N–H and O–H groups in total. The number of amides is 2. The SMILES string of the molecule is CCOc1ccc(F)c(-c2ccnc([C@@H]3CC[C@]4(CCN(C)C4=O)N3)c2)c1.CCOc1ccc(F)c(-c2ccnc([C@H]3CC[C@]4(CCN(C)C4=O)N3)c2)c1.Cl.Cl. The Morgan fingerprint density at radius 3 is 1.43 bits per heavy atom. The minimum atomic E-state index is -0.461. The largest absolute Gasteiger partial charge is 0.494 e. The number of ether oxygens (including phenoxy) is 2. The molecule has 300 valence electrons. The Morgan fingerprint density at radius 2 is 1.07 bits per heavy atom. The van der Waals surface area contributed by atoms with Gasteiger partial charge >= 0.3 is 0 Å². The summed E-state index contributed by atoms with van der Waals surface area (Å²) < 4.78 is 39.8. The van der Waals surface area contributed by atoms with Gasteiger partial charge in [-0.3, -0.25) is 30.2 Å². The van der Waals surface area contributed by atoms with Crippen LogP contribution in [0.25, 0.3) is 22.3 Å². The number of halogens is 4. The molecule has 0 unspecified atom stereocenters. The summed E-state index contributed by atoms with van der Waals surface area (Å²) in [6, 6.07) is 17.0. The van der Waals surface area contributed by atoms with Crippen molar-refractivity contribution < 1.29 is 27.8 Å². The van der Waals surface area contributed by atoms with Crippen molar-refractivity contribution >= 4 is 36.6 Å². The van der Waals surface area contributed by atoms with Gasteiger partial charge in [-0.2, -0.15) is 0 Å². The standard InChI is InChI=1S/2C21H24FN3O2.2ClH/c2*1-3-27-15-4-5-17(22)16(13-15)14-7-10-23-19(12-14)18-6-8-21(24-18)9-11-25(2)20(21)26;;/h2*4-5,7,10,12-13,18,24H,3,6,8-9,11H2,1-2H3;2*1H/t18-,21+;18-,21-;;/m01../s1. The van der Waals surface area contributed by atoms with Gasteiger partial charge in [-0.1, -0.05) is 0 Å². The maximum atomic E-state index is 14.4. The second-order valence-electron chi connectivity index (χ2n) is 14.7. The number of nitrogens with zero attached hydrogens (tertiary/aromatic N) is 4. The fourth-order valence-corrected chi connectivity index (χ4v) is 8.35. The molecule has 14 heteroatoms. The number of hydrogen-bond donors (Lipinski definition) is 2. The van der Waals surface area contributed by atoms with Crippen LogP contribution >= 0.6 is 24.8 Å². The van der Waals surface area contributed by atoms with Gasteiger partial charge < -0.3 is 19.3 Å². The molecule has 4 aliphatic heterocycles. The number of aromatic nitrogens is 2. The number of nitrogens with one attached hydrogen (secondary N) is 2. The first-order valence-electron chi connectivity index (χ1n) is 18.9. The molecule has 0 saturated carbocycles. The summed E-state index contributed by atoms with van der Waals surface area (Å²) >= 11 is 0. The smallest absolute Gasteiger partial charge is 0.242 e. The molecule has 56 heavy (non-hydrogen) atoms. The van der Waals surface area contributed by atoms with Crippen molar-refractivity contribution in [1.82, 2.24) is 30.4 Å². The number of likely N-dealkylation sites (N-methyl/N-ethyl adjacent to an activating group) is 2. The minimum absolute atomic E-state index is 0. The Bertz CT molecular complexity index is 1900. The molecule has 0 radical (unpaired) electrons. The van der Waals surface area contributed by atoms with Crippen LogP contribution in [0.4, 0.5) is 8.78 Å². The van der Waals surface area contributed by atoms with Crippen molar-refractivity contribution in [1.29, 1.82) is 0 Å². The third kappa shape index (κ3) is 8.49. The number of carbonyl (C=O) groups is 2. The highest BCUT2D eigenvalue weighted by molar-refractivity contribution is 5.89. The van der Waals surface area contributed by atoms with E-state index in [1.807, 2.05) is 40.1 Å². The molecule has 0 aliphatic carbocycles. The van der Waals surface area contributed by atoms with E-state index in [2.05, 4.69) is 20.6 Å². The quantitative estimate of drug-likeness (QED) is 0.189. The average molecular weight is 812 g/mol. The number of carbonyl (C=O) groups excluding carboxylic acids is 2. The lowest BCUT2D eigenvalue weighted by Gasteiger charge is -2.23. The molecule has 2 spiro atoms. The molecule has 4 aromatic rings. The van der Waals surface area contributed by atoms with Crippen molar-refractivity contribution in [3.8, 4) is 33.8 Å². The number of likely N-dealkylation sites (tertiary alicyclic amines) is 2. The Kier molecular flexibility index (Phi) is 13.6. The monoisotopic (exact) mass is 810 g/mol. The lowest BCUT2D eigenvalue weighted by molar-refractivity contribution is -0.132. The van der Waals surface area contributed by atoms with Crippen LogP contribution in [0, 0.1) is 11.6 Å². The first-order chi connectivity index (χ1) is 26.0. The van der Waals surface area contributed by atoms with Gasteiger partial charge in [0.2, 0.25) is 11.8 Å². The maximum Gasteiger partial charge on any atom is 0.242 e. The predicted octanol–water partition coefficient (Wildman–Crippen LogP) is 7.47. The van der Waals surface area contributed by atoms with Crippen LogP contribution < -0.4 is 20.1 Å². The van der Waals surface area contributed by atoms with E-state index in [0.29, 0.717) is 35.8 Å². The van der Waals surface area contributed by atoms with Gasteiger partial charge in [0, 0.05) is 50.7 Å². The molecule has 6 heterocycles. The van der Waals surface area contributed by atoms with Gasteiger partial charge in [-0.25, -0.2) is 8.78 Å². The van der Waals surface area contributed by atoms with E-state index >= 15 is 0 Å². The van der Waals surface area contributed by atoms with Crippen LogP contribution in [0.3, 0.4) is 0 Å². The van der Waals surface area contributed by atoms with E-state index in [1.165, 1.54) is 12.1 Å². The van der Waals surface area contributed by atoms with Crippen molar-refractivity contribution in [2.45, 2.75) is 75.5 Å². The zero-order valence-corrected chi connectivity index (χ0v) is 33.8. The molecule has 2 aromatic carbocycles. The lowest BCUT2D eigenvalue weighted by Crippen LogP contribution is -2.47. The summed E-state index contributed by atoms with van der Waals surface area (Å²) in [5, 5.41) is 7.03. The van der Waals surface area contributed by atoms with E-state index in [9.17, 15) is 18.4 Å². The third-order valence-electron chi connectivity index (χ3n) is 11.3. The van der Waals surface area contributed by atoms with Gasteiger partial charge in [-0.15, -0.1) is 24.8 Å². The highest BCUT2D eigenvalue weighted by Crippen LogP contribution is 2.41. The summed E-state index contributed by atoms with van der Waals surface area (Å²) in [7, 11) is 3.69. The fraction of sp³-hybridized carbons (Fsp3) is 0.429. The van der Waals surface area contributed by atoms with Gasteiger partial charge in [0.25, 0.3) is 0 Å². The number of pyridine rings is 2. The first-order valence-corrected chi connectivity index (χ1v) is 18.9. The Morgan fingerprint density at radius 1 is 0.661 bits per heavy atom. The Hall–Kier alpha value is -4.36. The molecule has 10 nitrogen and oxygen atoms in total. The van der Waals surface area contributed by atoms with Crippen LogP contribution in [0.5, 0.6) is 11.5 Å². The molecule has 2 aromatic heterocycles. The van der Waals surface area contributed by atoms with Crippen LogP contribution in [-0.4, -0.2) is 83.1 Å². The summed E-state index contributed by atoms with van der Waals surface area (Å²) in [6.45, 7) is 6.42. The second-order valence-corrected chi connectivity index (χ2v) is 14.7. The predicted molar refractivity (Wildman–Crippen MR) is 216 cm³/mol. The van der Waals surface area contributed by atoms with Gasteiger partial charge in [-0.05, 0) is 124 Å². The fourth-order valence-electron chi connectivity index (χ4n) is 8.35. The van der Waals surface area contributed by atoms with E-state index in [4.69, 9.17) is 9.47 Å². The second kappa shape index (κ2) is 17.8. The van der Waals surface area contributed by atoms with Crippen molar-refractivity contribution in [2.75, 3.05) is 40.4 Å². The summed E-state index contributed by atoms with van der Waals surface area (Å²) in [5.74, 6) is 1.03. The van der Waals surface area contributed by atoms with E-state index < -0.39 is 11.1 Å². The topological polar surface area (TPSA) is 109 Å². The highest BCUT2D eigenvalue weighted by atomic mass is 35.5. The van der Waals surface area contributed by atoms with E-state index in [0.717, 1.165) is 74.1 Å². The van der Waals surface area contributed by atoms with Gasteiger partial charge in [0.05, 0.1) is 36.7 Å². The summed E-state index contributed by atoms with van der Waals surface area (Å²) in [4.78, 5) is 37.6. The summed E-state index contributed by atoms with van der Waals surface area (Å²) in [6.07, 6.45) is 8.35. The highest BCUT2D eigenvalue weighted by Gasteiger charge is 2.51. The molecule has 8 rings (SSSR count). The molecule has 2 amide bonds. The molecule has 4 atom stereocenters. The summed E-state index contributed by atoms with van der Waals surface area (Å²) in [5.41, 5.74) is 3.27. The minimum Gasteiger partial charge on any atom is -0.494 e. The zero-order chi connectivity index (χ0) is 38.0. The number of hydrogen-bond acceptors (Lipinski definition) is 8. The van der Waals surface area contributed by atoms with Gasteiger partial charge in [0.15, 0.2) is 0 Å². The molecule has 4 aliphatic rings. The van der Waals surface area contributed by atoms with Gasteiger partial charge in [0.1, 0.15) is 34.2 Å². The average Bonchev–Trinajstić information content (AvgIpc) is 3.96. The van der Waals surface area contributed by atoms with Crippen LogP contribution in [0.2, 0.25) is 0 Å². The van der Waals surface area contributed by atoms with Crippen molar-refractivity contribution in [3.63, 3.8) is 0 Å². The normalized spacial score (nSPS) is 23.9. The Labute approximate surface area is 339 Å². The molecule has 4 saturated heterocycles. The lowest BCUT2D eigenvalue weighted by atomic mass is 9.96. The van der Waals surface area contributed by atoms with Crippen LogP contribution in [0.15, 0.2) is 73.1 Å². The van der Waals surface area contributed by atoms with Crippen LogP contribution in [0.1, 0.15) is 75.8 Å². The number of rotatable bonds is 8. The Balaban J connectivity index is 0.000000207. The number of benzene rings is 2. The zero-order valence-electron chi connectivity index (χ0n) is 32.1. The van der Waals surface area contributed by atoms with E-state index in [-0.39, 0.29) is 60.3 Å². The first kappa shape index (κ1) is 42.8. The van der Waals surface area contributed by atoms with Crippen LogP contribution in [-0.2, 0) is 9.59 Å². The maximum absolute atomic E-state index is 14.4. The van der Waals surface area contributed by atoms with Crippen molar-refractivity contribution in [2.24, 2.45) is 0 Å². The van der Waals surface area contributed by atoms with Crippen molar-refractivity contribution in [3.05, 3.63) is 96.1 Å². The molecule has 0 bridgehead atoms. The van der Waals surface area contributed by atoms with E-state index in [1.54, 1.807) is 58.6 Å². The third-order valence-corrected chi connectivity index (χ3v) is 11.3. The molecule has 4 fully saturated rings. The molecular formula is C42H50Cl2F2N6O4. The molecular weight excluding hydrogens is 761 g/mol.